The molecule has 0 radical (unpaired) electrons. The van der Waals surface area contributed by atoms with E-state index >= 15 is 0 Å². The molecule has 4 N–H and O–H groups in total. The van der Waals surface area contributed by atoms with Crippen molar-refractivity contribution >= 4 is 134 Å². The SMILES string of the molecule is O=S(=O)(O)c1cc(O)c2cc(O)c(S(=O)(=O)O)cc2c1.[KH].[KH]. The first kappa shape index (κ1) is 23.4. The Labute approximate surface area is 211 Å². The van der Waals surface area contributed by atoms with Crippen molar-refractivity contribution in [2.75, 3.05) is 0 Å². The van der Waals surface area contributed by atoms with Crippen molar-refractivity contribution < 1.29 is 36.2 Å². The van der Waals surface area contributed by atoms with Crippen molar-refractivity contribution in [1.82, 2.24) is 0 Å². The molecule has 0 heterocycles. The van der Waals surface area contributed by atoms with E-state index in [0.717, 1.165) is 24.3 Å². The van der Waals surface area contributed by atoms with Crippen molar-refractivity contribution in [3.63, 3.8) is 0 Å². The summed E-state index contributed by atoms with van der Waals surface area (Å²) in [5.74, 6) is -1.40. The van der Waals surface area contributed by atoms with Gasteiger partial charge in [0.25, 0.3) is 20.2 Å². The fraction of sp³-hybridized carbons (Fsp3) is 0. The predicted octanol–water partition coefficient (Wildman–Crippen LogP) is -0.553. The molecule has 2 aromatic rings. The van der Waals surface area contributed by atoms with Gasteiger partial charge < -0.3 is 10.2 Å². The third-order valence-electron chi connectivity index (χ3n) is 2.56. The van der Waals surface area contributed by atoms with E-state index in [1.54, 1.807) is 0 Å². The van der Waals surface area contributed by atoms with Crippen LogP contribution in [0.4, 0.5) is 0 Å². The first-order chi connectivity index (χ1) is 9.00. The van der Waals surface area contributed by atoms with Gasteiger partial charge in [0, 0.05) is 11.5 Å². The molecule has 0 aromatic heterocycles. The third-order valence-corrected chi connectivity index (χ3v) is 4.27. The van der Waals surface area contributed by atoms with Crippen LogP contribution in [0.2, 0.25) is 0 Å². The van der Waals surface area contributed by atoms with Gasteiger partial charge in [0.2, 0.25) is 0 Å². The van der Waals surface area contributed by atoms with Crippen molar-refractivity contribution in [3.05, 3.63) is 24.3 Å². The van der Waals surface area contributed by atoms with E-state index in [9.17, 15) is 27.0 Å². The Morgan fingerprint density at radius 2 is 1.27 bits per heavy atom. The standard InChI is InChI=1S/C10H8O8S2.2K.2H/c11-8-3-6(19(13,14)15)1-5-2-10(20(16,17)18)9(12)4-7(5)8;;;;/h1-4,11-12H,(H,13,14,15)(H,16,17,18);;;;. The van der Waals surface area contributed by atoms with Crippen LogP contribution >= 0.6 is 0 Å². The van der Waals surface area contributed by atoms with Crippen LogP contribution < -0.4 is 0 Å². The molecule has 0 atom stereocenters. The van der Waals surface area contributed by atoms with Gasteiger partial charge in [-0.1, -0.05) is 0 Å². The zero-order chi connectivity index (χ0) is 15.3. The van der Waals surface area contributed by atoms with Crippen LogP contribution in [0, 0.1) is 0 Å². The van der Waals surface area contributed by atoms with Crippen molar-refractivity contribution in [2.45, 2.75) is 9.79 Å². The van der Waals surface area contributed by atoms with E-state index in [4.69, 9.17) is 9.11 Å². The van der Waals surface area contributed by atoms with Gasteiger partial charge in [-0.05, 0) is 23.6 Å². The number of phenols is 2. The molecular weight excluding hydrogens is 390 g/mol. The average molecular weight is 401 g/mol. The molecule has 2 aromatic carbocycles. The van der Waals surface area contributed by atoms with E-state index in [-0.39, 0.29) is 114 Å². The van der Waals surface area contributed by atoms with Crippen molar-refractivity contribution in [2.24, 2.45) is 0 Å². The summed E-state index contributed by atoms with van der Waals surface area (Å²) in [5, 5.41) is 19.0. The van der Waals surface area contributed by atoms with Crippen molar-refractivity contribution in [3.8, 4) is 11.5 Å². The van der Waals surface area contributed by atoms with Gasteiger partial charge in [-0.2, -0.15) is 16.8 Å². The van der Waals surface area contributed by atoms with Gasteiger partial charge >= 0.3 is 103 Å². The Kier molecular flexibility index (Phi) is 8.70. The van der Waals surface area contributed by atoms with E-state index in [2.05, 4.69) is 0 Å². The minimum absolute atomic E-state index is 0. The van der Waals surface area contributed by atoms with Crippen LogP contribution in [0.5, 0.6) is 11.5 Å². The van der Waals surface area contributed by atoms with Crippen LogP contribution in [0.25, 0.3) is 10.8 Å². The molecule has 0 aliphatic carbocycles. The zero-order valence-electron chi connectivity index (χ0n) is 9.55. The topological polar surface area (TPSA) is 149 Å². The molecule has 12 heteroatoms. The molecule has 0 saturated heterocycles. The van der Waals surface area contributed by atoms with Crippen LogP contribution in [0.3, 0.4) is 0 Å². The fourth-order valence-corrected chi connectivity index (χ4v) is 2.82. The van der Waals surface area contributed by atoms with E-state index in [0.29, 0.717) is 0 Å². The number of hydrogen-bond donors (Lipinski definition) is 4. The number of rotatable bonds is 2. The molecule has 8 nitrogen and oxygen atoms in total. The quantitative estimate of drug-likeness (QED) is 0.387. The minimum atomic E-state index is -4.73. The monoisotopic (exact) mass is 400 g/mol. The summed E-state index contributed by atoms with van der Waals surface area (Å²) in [6.45, 7) is 0. The normalized spacial score (nSPS) is 11.5. The second kappa shape index (κ2) is 8.18. The number of hydrogen-bond acceptors (Lipinski definition) is 6. The average Bonchev–Trinajstić information content (AvgIpc) is 2.26. The molecule has 0 aliphatic heterocycles. The van der Waals surface area contributed by atoms with Crippen LogP contribution in [0.15, 0.2) is 34.1 Å². The maximum absolute atomic E-state index is 11.0. The van der Waals surface area contributed by atoms with Gasteiger partial charge in [-0.3, -0.25) is 9.11 Å². The van der Waals surface area contributed by atoms with E-state index in [1.807, 2.05) is 0 Å². The fourth-order valence-electron chi connectivity index (χ4n) is 1.69. The summed E-state index contributed by atoms with van der Waals surface area (Å²) in [5.41, 5.74) is 0. The summed E-state index contributed by atoms with van der Waals surface area (Å²) >= 11 is 0. The summed E-state index contributed by atoms with van der Waals surface area (Å²) in [6.07, 6.45) is 0. The second-order valence-electron chi connectivity index (χ2n) is 3.93. The molecule has 112 valence electrons. The Morgan fingerprint density at radius 1 is 0.727 bits per heavy atom. The Morgan fingerprint density at radius 3 is 1.73 bits per heavy atom. The Bertz CT molecular complexity index is 922. The van der Waals surface area contributed by atoms with E-state index in [1.165, 1.54) is 0 Å². The van der Waals surface area contributed by atoms with Gasteiger partial charge in [-0.25, -0.2) is 0 Å². The molecule has 0 saturated carbocycles. The van der Waals surface area contributed by atoms with Crippen LogP contribution in [-0.2, 0) is 20.2 Å². The summed E-state index contributed by atoms with van der Waals surface area (Å²) < 4.78 is 61.9. The third kappa shape index (κ3) is 5.19. The summed E-state index contributed by atoms with van der Waals surface area (Å²) in [6, 6.07) is 3.25. The number of fused-ring (bicyclic) bond motifs is 1. The maximum atomic E-state index is 11.0. The molecule has 0 bridgehead atoms. The number of phenolic OH excluding ortho intramolecular Hbond substituents is 2. The molecule has 0 spiro atoms. The molecule has 0 fully saturated rings. The summed E-state index contributed by atoms with van der Waals surface area (Å²) in [7, 11) is -9.34. The Hall–Kier alpha value is 1.39. The van der Waals surface area contributed by atoms with Gasteiger partial charge in [0.05, 0.1) is 4.90 Å². The molecule has 0 unspecified atom stereocenters. The number of aromatic hydroxyl groups is 2. The predicted molar refractivity (Wildman–Crippen MR) is 81.2 cm³/mol. The first-order valence-electron chi connectivity index (χ1n) is 4.95. The molecular formula is C10H10K2O8S2. The summed E-state index contributed by atoms with van der Waals surface area (Å²) in [4.78, 5) is -1.51. The van der Waals surface area contributed by atoms with Gasteiger partial charge in [0.15, 0.2) is 0 Å². The molecule has 22 heavy (non-hydrogen) atoms. The first-order valence-corrected chi connectivity index (χ1v) is 7.83. The van der Waals surface area contributed by atoms with Crippen molar-refractivity contribution in [1.29, 1.82) is 0 Å². The van der Waals surface area contributed by atoms with E-state index < -0.39 is 41.5 Å². The van der Waals surface area contributed by atoms with Crippen LogP contribution in [0.1, 0.15) is 0 Å². The molecule has 0 aliphatic rings. The molecule has 2 rings (SSSR count). The number of benzene rings is 2. The van der Waals surface area contributed by atoms with Gasteiger partial charge in [-0.15, -0.1) is 0 Å². The molecule has 0 amide bonds. The second-order valence-corrected chi connectivity index (χ2v) is 6.75. The zero-order valence-corrected chi connectivity index (χ0v) is 11.2. The Balaban J connectivity index is 0.00000220. The van der Waals surface area contributed by atoms with Crippen LogP contribution in [-0.4, -0.2) is 139 Å². The van der Waals surface area contributed by atoms with Gasteiger partial charge in [0.1, 0.15) is 16.4 Å².